The Morgan fingerprint density at radius 3 is 2.62 bits per heavy atom. The molecule has 0 bridgehead atoms. The number of unbranched alkanes of at least 4 members (excludes halogenated alkanes) is 5. The molecule has 16 heavy (non-hydrogen) atoms. The van der Waals surface area contributed by atoms with Gasteiger partial charge in [0, 0.05) is 6.54 Å². The van der Waals surface area contributed by atoms with Crippen LogP contribution in [-0.2, 0) is 4.74 Å². The molecule has 1 amide bonds. The van der Waals surface area contributed by atoms with Crippen molar-refractivity contribution in [2.45, 2.75) is 51.6 Å². The van der Waals surface area contributed by atoms with Crippen LogP contribution in [0.5, 0.6) is 0 Å². The number of hydrogen-bond acceptors (Lipinski definition) is 3. The molecule has 1 aliphatic heterocycles. The highest BCUT2D eigenvalue weighted by Crippen LogP contribution is 2.12. The lowest BCUT2D eigenvalue weighted by atomic mass is 10.1. The molecule has 1 rings (SSSR count). The van der Waals surface area contributed by atoms with Crippen molar-refractivity contribution in [3.63, 3.8) is 0 Å². The van der Waals surface area contributed by atoms with Gasteiger partial charge in [0.15, 0.2) is 0 Å². The molecule has 0 radical (unpaired) electrons. The number of carbonyl (C=O) groups is 1. The van der Waals surface area contributed by atoms with E-state index in [2.05, 4.69) is 6.92 Å². The first-order chi connectivity index (χ1) is 7.77. The average molecular weight is 229 g/mol. The van der Waals surface area contributed by atoms with Gasteiger partial charge in [0.2, 0.25) is 0 Å². The van der Waals surface area contributed by atoms with E-state index in [1.165, 1.54) is 32.1 Å². The number of nitrogens with zero attached hydrogens (tertiary/aromatic N) is 1. The van der Waals surface area contributed by atoms with Gasteiger partial charge in [-0.05, 0) is 6.42 Å². The van der Waals surface area contributed by atoms with Crippen molar-refractivity contribution in [2.24, 2.45) is 0 Å². The third-order valence-electron chi connectivity index (χ3n) is 2.93. The summed E-state index contributed by atoms with van der Waals surface area (Å²) in [7, 11) is 0. The van der Waals surface area contributed by atoms with Crippen molar-refractivity contribution in [2.75, 3.05) is 19.7 Å². The lowest BCUT2D eigenvalue weighted by Crippen LogP contribution is -2.26. The Morgan fingerprint density at radius 2 is 2.00 bits per heavy atom. The molecule has 1 aliphatic rings. The third kappa shape index (κ3) is 4.39. The van der Waals surface area contributed by atoms with Gasteiger partial charge < -0.3 is 14.7 Å². The molecule has 0 spiro atoms. The summed E-state index contributed by atoms with van der Waals surface area (Å²) in [6.07, 6.45) is 6.74. The molecule has 0 saturated carbocycles. The number of amides is 1. The van der Waals surface area contributed by atoms with Gasteiger partial charge in [-0.1, -0.05) is 39.0 Å². The van der Waals surface area contributed by atoms with Crippen molar-refractivity contribution in [1.29, 1.82) is 0 Å². The summed E-state index contributed by atoms with van der Waals surface area (Å²) >= 11 is 0. The van der Waals surface area contributed by atoms with Crippen LogP contribution in [-0.4, -0.2) is 41.9 Å². The van der Waals surface area contributed by atoms with E-state index in [-0.39, 0.29) is 18.8 Å². The van der Waals surface area contributed by atoms with Crippen molar-refractivity contribution < 1.29 is 14.6 Å². The fourth-order valence-corrected chi connectivity index (χ4v) is 1.94. The highest BCUT2D eigenvalue weighted by molar-refractivity contribution is 5.69. The SMILES string of the molecule is CCCCCCCCN1C[C@@H](CO)OC1=O. The Balaban J connectivity index is 2.03. The van der Waals surface area contributed by atoms with E-state index in [0.717, 1.165) is 13.0 Å². The van der Waals surface area contributed by atoms with Gasteiger partial charge in [-0.3, -0.25) is 0 Å². The number of carbonyl (C=O) groups excluding carboxylic acids is 1. The Labute approximate surface area is 97.6 Å². The minimum Gasteiger partial charge on any atom is -0.442 e. The normalized spacial score (nSPS) is 20.2. The zero-order valence-corrected chi connectivity index (χ0v) is 10.2. The average Bonchev–Trinajstić information content (AvgIpc) is 2.65. The molecule has 4 heteroatoms. The maximum absolute atomic E-state index is 11.3. The number of hydrogen-bond donors (Lipinski definition) is 1. The predicted octanol–water partition coefficient (Wildman–Crippen LogP) is 2.16. The van der Waals surface area contributed by atoms with Crippen molar-refractivity contribution in [3.8, 4) is 0 Å². The van der Waals surface area contributed by atoms with Crippen LogP contribution in [0.2, 0.25) is 0 Å². The van der Waals surface area contributed by atoms with E-state index in [1.807, 2.05) is 0 Å². The molecule has 0 aromatic carbocycles. The van der Waals surface area contributed by atoms with Crippen molar-refractivity contribution >= 4 is 6.09 Å². The van der Waals surface area contributed by atoms with E-state index >= 15 is 0 Å². The largest absolute Gasteiger partial charge is 0.442 e. The quantitative estimate of drug-likeness (QED) is 0.649. The van der Waals surface area contributed by atoms with Crippen LogP contribution in [0.3, 0.4) is 0 Å². The zero-order valence-electron chi connectivity index (χ0n) is 10.2. The summed E-state index contributed by atoms with van der Waals surface area (Å²) in [4.78, 5) is 13.0. The van der Waals surface area contributed by atoms with E-state index in [0.29, 0.717) is 6.54 Å². The lowest BCUT2D eigenvalue weighted by molar-refractivity contribution is 0.0947. The summed E-state index contributed by atoms with van der Waals surface area (Å²) in [5.74, 6) is 0. The molecule has 0 aliphatic carbocycles. The molecule has 1 atom stereocenters. The Bertz CT molecular complexity index is 208. The Kier molecular flexibility index (Phi) is 6.23. The topological polar surface area (TPSA) is 49.8 Å². The van der Waals surface area contributed by atoms with Crippen LogP contribution in [0.25, 0.3) is 0 Å². The number of aliphatic hydroxyl groups is 1. The fraction of sp³-hybridized carbons (Fsp3) is 0.917. The second-order valence-corrected chi connectivity index (χ2v) is 4.40. The van der Waals surface area contributed by atoms with E-state index in [9.17, 15) is 4.79 Å². The Morgan fingerprint density at radius 1 is 1.31 bits per heavy atom. The van der Waals surface area contributed by atoms with Gasteiger partial charge in [-0.15, -0.1) is 0 Å². The molecule has 1 fully saturated rings. The van der Waals surface area contributed by atoms with Gasteiger partial charge in [0.1, 0.15) is 6.10 Å². The standard InChI is InChI=1S/C12H23NO3/c1-2-3-4-5-6-7-8-13-9-11(10-14)16-12(13)15/h11,14H,2-10H2,1H3/t11-/m0/s1. The zero-order chi connectivity index (χ0) is 11.8. The molecule has 94 valence electrons. The monoisotopic (exact) mass is 229 g/mol. The van der Waals surface area contributed by atoms with Crippen molar-refractivity contribution in [3.05, 3.63) is 0 Å². The summed E-state index contributed by atoms with van der Waals surface area (Å²) in [6, 6.07) is 0. The second-order valence-electron chi connectivity index (χ2n) is 4.40. The number of cyclic esters (lactones) is 1. The van der Waals surface area contributed by atoms with Crippen LogP contribution >= 0.6 is 0 Å². The second kappa shape index (κ2) is 7.49. The lowest BCUT2D eigenvalue weighted by Gasteiger charge is -2.11. The van der Waals surface area contributed by atoms with Gasteiger partial charge in [-0.25, -0.2) is 4.79 Å². The summed E-state index contributed by atoms with van der Waals surface area (Å²) in [6.45, 7) is 3.44. The highest BCUT2D eigenvalue weighted by atomic mass is 16.6. The summed E-state index contributed by atoms with van der Waals surface area (Å²) in [5, 5.41) is 8.87. The maximum atomic E-state index is 11.3. The number of aliphatic hydroxyl groups excluding tert-OH is 1. The van der Waals surface area contributed by atoms with Crippen LogP contribution in [0.4, 0.5) is 4.79 Å². The Hall–Kier alpha value is -0.770. The number of rotatable bonds is 8. The summed E-state index contributed by atoms with van der Waals surface area (Å²) in [5.41, 5.74) is 0. The fourth-order valence-electron chi connectivity index (χ4n) is 1.94. The van der Waals surface area contributed by atoms with Crippen molar-refractivity contribution in [1.82, 2.24) is 4.90 Å². The smallest absolute Gasteiger partial charge is 0.410 e. The first-order valence-electron chi connectivity index (χ1n) is 6.34. The van der Waals surface area contributed by atoms with Gasteiger partial charge in [0.05, 0.1) is 13.2 Å². The highest BCUT2D eigenvalue weighted by Gasteiger charge is 2.29. The van der Waals surface area contributed by atoms with Crippen LogP contribution in [0, 0.1) is 0 Å². The van der Waals surface area contributed by atoms with E-state index in [1.54, 1.807) is 4.90 Å². The maximum Gasteiger partial charge on any atom is 0.410 e. The van der Waals surface area contributed by atoms with Gasteiger partial charge >= 0.3 is 6.09 Å². The first kappa shape index (κ1) is 13.3. The van der Waals surface area contributed by atoms with Gasteiger partial charge in [0.25, 0.3) is 0 Å². The third-order valence-corrected chi connectivity index (χ3v) is 2.93. The van der Waals surface area contributed by atoms with E-state index < -0.39 is 0 Å². The molecular formula is C12H23NO3. The predicted molar refractivity (Wildman–Crippen MR) is 62.3 cm³/mol. The first-order valence-corrected chi connectivity index (χ1v) is 6.34. The van der Waals surface area contributed by atoms with Gasteiger partial charge in [-0.2, -0.15) is 0 Å². The molecule has 0 aromatic heterocycles. The minimum atomic E-state index is -0.312. The molecule has 1 N–H and O–H groups in total. The molecule has 1 saturated heterocycles. The molecule has 0 unspecified atom stereocenters. The molecule has 1 heterocycles. The van der Waals surface area contributed by atoms with E-state index in [4.69, 9.17) is 9.84 Å². The molecule has 0 aromatic rings. The molecular weight excluding hydrogens is 206 g/mol. The van der Waals surface area contributed by atoms with Crippen LogP contribution in [0.1, 0.15) is 45.4 Å². The molecule has 4 nitrogen and oxygen atoms in total. The van der Waals surface area contributed by atoms with Crippen LogP contribution in [0.15, 0.2) is 0 Å². The summed E-state index contributed by atoms with van der Waals surface area (Å²) < 4.78 is 4.96. The number of ether oxygens (including phenoxy) is 1. The van der Waals surface area contributed by atoms with Crippen LogP contribution < -0.4 is 0 Å². The minimum absolute atomic E-state index is 0.0707.